The van der Waals surface area contributed by atoms with Crippen LogP contribution in [0.4, 0.5) is 4.39 Å². The first-order chi connectivity index (χ1) is 4.68. The van der Waals surface area contributed by atoms with Crippen molar-refractivity contribution in [3.8, 4) is 0 Å². The summed E-state index contributed by atoms with van der Waals surface area (Å²) in [4.78, 5) is 9.60. The standard InChI is InChI=1S/C3H4BrFO2.BH2O3.Li/c1-3(4,5)2(6)7;2-1(3)4;/h1H3,(H,6,7);2-3H;/q;-1;+1. The number of alkyl halides is 2. The smallest absolute Gasteiger partial charge is 0.832 e. The Bertz CT molecular complexity index is 126. The molecule has 0 saturated carbocycles. The molecule has 0 amide bonds. The number of carboxylic acids is 1. The zero-order chi connectivity index (χ0) is 9.65. The molecular weight excluding hydrogens is 233 g/mol. The fourth-order valence-electron chi connectivity index (χ4n) is 0. The number of carbonyl (C=O) groups is 1. The molecule has 0 aromatic heterocycles. The minimum absolute atomic E-state index is 0. The summed E-state index contributed by atoms with van der Waals surface area (Å²) in [5.74, 6) is -1.51. The number of rotatable bonds is 1. The third-order valence-corrected chi connectivity index (χ3v) is 0.715. The van der Waals surface area contributed by atoms with Crippen molar-refractivity contribution in [1.29, 1.82) is 0 Å². The normalized spacial score (nSPS) is 12.8. The van der Waals surface area contributed by atoms with E-state index in [-0.39, 0.29) is 18.9 Å². The molecule has 0 aromatic carbocycles. The van der Waals surface area contributed by atoms with Gasteiger partial charge in [0.2, 0.25) is 0 Å². The third-order valence-electron chi connectivity index (χ3n) is 0.376. The molecule has 1 unspecified atom stereocenters. The summed E-state index contributed by atoms with van der Waals surface area (Å²) >= 11 is 2.28. The van der Waals surface area contributed by atoms with Gasteiger partial charge in [0.15, 0.2) is 0 Å². The Morgan fingerprint density at radius 3 is 1.75 bits per heavy atom. The molecule has 66 valence electrons. The predicted octanol–water partition coefficient (Wildman–Crippen LogP) is -4.53. The molecule has 0 rings (SSSR count). The van der Waals surface area contributed by atoms with E-state index >= 15 is 0 Å². The van der Waals surface area contributed by atoms with Gasteiger partial charge in [-0.15, -0.1) is 0 Å². The van der Waals surface area contributed by atoms with Crippen LogP contribution in [0, 0.1) is 0 Å². The number of hydrogen-bond acceptors (Lipinski definition) is 4. The van der Waals surface area contributed by atoms with Gasteiger partial charge in [0, 0.05) is 0 Å². The number of hydrogen-bond donors (Lipinski definition) is 3. The zero-order valence-electron chi connectivity index (χ0n) is 6.49. The van der Waals surface area contributed by atoms with E-state index in [0.29, 0.717) is 0 Å². The fraction of sp³-hybridized carbons (Fsp3) is 0.667. The van der Waals surface area contributed by atoms with Gasteiger partial charge in [-0.05, 0) is 22.9 Å². The molecule has 5 nitrogen and oxygen atoms in total. The first kappa shape index (κ1) is 18.3. The van der Waals surface area contributed by atoms with Crippen molar-refractivity contribution < 1.29 is 48.2 Å². The summed E-state index contributed by atoms with van der Waals surface area (Å²) in [5, 5.41) is 30.6. The average Bonchev–Trinajstić information content (AvgIpc) is 1.59. The van der Waals surface area contributed by atoms with Crippen LogP contribution < -0.4 is 23.9 Å². The molecule has 0 aliphatic rings. The molecular formula is C3H6BBrFLiO5. The van der Waals surface area contributed by atoms with Crippen molar-refractivity contribution in [3.05, 3.63) is 0 Å². The van der Waals surface area contributed by atoms with Crippen LogP contribution in [0.2, 0.25) is 0 Å². The molecule has 0 saturated heterocycles. The Hall–Kier alpha value is 0.422. The zero-order valence-corrected chi connectivity index (χ0v) is 8.08. The van der Waals surface area contributed by atoms with Gasteiger partial charge < -0.3 is 20.2 Å². The summed E-state index contributed by atoms with van der Waals surface area (Å²) in [7, 11) is -2.42. The van der Waals surface area contributed by atoms with E-state index in [1.165, 1.54) is 0 Å². The van der Waals surface area contributed by atoms with Crippen LogP contribution in [0.15, 0.2) is 0 Å². The SMILES string of the molecule is CC(F)(Br)C(=O)O.[Li+].[O-]B(O)O. The first-order valence-corrected chi connectivity index (χ1v) is 3.10. The van der Waals surface area contributed by atoms with Crippen molar-refractivity contribution in [2.24, 2.45) is 0 Å². The minimum Gasteiger partial charge on any atom is -0.832 e. The average molecular weight is 239 g/mol. The maximum Gasteiger partial charge on any atom is 1.00 e. The van der Waals surface area contributed by atoms with Crippen molar-refractivity contribution in [1.82, 2.24) is 0 Å². The number of carboxylic acid groups (broad SMARTS) is 1. The van der Waals surface area contributed by atoms with Crippen LogP contribution in [0.1, 0.15) is 6.92 Å². The maximum atomic E-state index is 11.8. The molecule has 1 atom stereocenters. The molecule has 0 spiro atoms. The van der Waals surface area contributed by atoms with Gasteiger partial charge in [0.1, 0.15) is 0 Å². The summed E-state index contributed by atoms with van der Waals surface area (Å²) in [6.07, 6.45) is 0. The predicted molar refractivity (Wildman–Crippen MR) is 36.3 cm³/mol. The van der Waals surface area contributed by atoms with Gasteiger partial charge in [-0.25, -0.2) is 9.18 Å². The Balaban J connectivity index is -0.000000142. The Morgan fingerprint density at radius 1 is 1.67 bits per heavy atom. The van der Waals surface area contributed by atoms with Crippen LogP contribution in [-0.2, 0) is 4.79 Å². The van der Waals surface area contributed by atoms with E-state index in [1.807, 2.05) is 0 Å². The largest absolute Gasteiger partial charge is 1.00 e. The summed E-state index contributed by atoms with van der Waals surface area (Å²) < 4.78 is 9.56. The minimum atomic E-state index is -2.42. The second-order valence-corrected chi connectivity index (χ2v) is 3.01. The van der Waals surface area contributed by atoms with E-state index in [9.17, 15) is 9.18 Å². The van der Waals surface area contributed by atoms with Crippen molar-refractivity contribution in [3.63, 3.8) is 0 Å². The van der Waals surface area contributed by atoms with Crippen molar-refractivity contribution >= 4 is 29.2 Å². The quantitative estimate of drug-likeness (QED) is 0.316. The molecule has 0 aliphatic heterocycles. The second-order valence-electron chi connectivity index (χ2n) is 1.52. The fourth-order valence-corrected chi connectivity index (χ4v) is 0. The molecule has 0 bridgehead atoms. The van der Waals surface area contributed by atoms with Gasteiger partial charge in [-0.3, -0.25) is 0 Å². The van der Waals surface area contributed by atoms with E-state index in [4.69, 9.17) is 20.2 Å². The molecule has 0 heterocycles. The van der Waals surface area contributed by atoms with Crippen LogP contribution >= 0.6 is 15.9 Å². The Morgan fingerprint density at radius 2 is 1.75 bits per heavy atom. The maximum absolute atomic E-state index is 11.8. The van der Waals surface area contributed by atoms with E-state index in [1.54, 1.807) is 0 Å². The molecule has 12 heavy (non-hydrogen) atoms. The van der Waals surface area contributed by atoms with Crippen LogP contribution in [0.25, 0.3) is 0 Å². The van der Waals surface area contributed by atoms with Gasteiger partial charge >= 0.3 is 32.2 Å². The molecule has 0 aromatic rings. The van der Waals surface area contributed by atoms with Crippen LogP contribution in [0.3, 0.4) is 0 Å². The molecule has 3 N–H and O–H groups in total. The Kier molecular flexibility index (Phi) is 12.2. The first-order valence-electron chi connectivity index (χ1n) is 2.31. The van der Waals surface area contributed by atoms with Gasteiger partial charge in [-0.2, -0.15) is 0 Å². The molecule has 0 radical (unpaired) electrons. The molecule has 0 fully saturated rings. The summed E-state index contributed by atoms with van der Waals surface area (Å²) in [5.41, 5.74) is 0. The third kappa shape index (κ3) is 22.4. The van der Waals surface area contributed by atoms with E-state index < -0.39 is 17.9 Å². The summed E-state index contributed by atoms with van der Waals surface area (Å²) in [6.45, 7) is 0.912. The molecule has 0 aliphatic carbocycles. The molecule has 9 heteroatoms. The van der Waals surface area contributed by atoms with Crippen molar-refractivity contribution in [2.75, 3.05) is 0 Å². The number of halogens is 2. The monoisotopic (exact) mass is 238 g/mol. The van der Waals surface area contributed by atoms with Crippen LogP contribution in [0.5, 0.6) is 0 Å². The van der Waals surface area contributed by atoms with E-state index in [0.717, 1.165) is 6.92 Å². The second kappa shape index (κ2) is 8.04. The van der Waals surface area contributed by atoms with Gasteiger partial charge in [0.25, 0.3) is 4.58 Å². The number of aliphatic carboxylic acids is 1. The topological polar surface area (TPSA) is 101 Å². The van der Waals surface area contributed by atoms with Gasteiger partial charge in [-0.1, -0.05) is 0 Å². The van der Waals surface area contributed by atoms with Crippen molar-refractivity contribution in [2.45, 2.75) is 11.5 Å². The Labute approximate surface area is 89.1 Å². The summed E-state index contributed by atoms with van der Waals surface area (Å²) in [6, 6.07) is 0. The van der Waals surface area contributed by atoms with E-state index in [2.05, 4.69) is 15.9 Å². The van der Waals surface area contributed by atoms with Gasteiger partial charge in [0.05, 0.1) is 0 Å². The van der Waals surface area contributed by atoms with Crippen LogP contribution in [-0.4, -0.2) is 33.0 Å².